The molecule has 0 atom stereocenters. The standard InChI is InChI=1S/C19H18BrFN2O2/c20-17-7-6-15(21)11-16(17)18(24)22-12-13-4-3-5-14(10-13)19(25)23-8-1-2-9-23/h3-7,10-11H,1-2,8-9,12H2,(H,22,24). The number of carbonyl (C=O) groups is 2. The molecule has 0 saturated carbocycles. The van der Waals surface area contributed by atoms with E-state index in [0.717, 1.165) is 31.5 Å². The molecule has 0 bridgehead atoms. The van der Waals surface area contributed by atoms with Gasteiger partial charge in [-0.15, -0.1) is 0 Å². The van der Waals surface area contributed by atoms with Gasteiger partial charge >= 0.3 is 0 Å². The minimum absolute atomic E-state index is 0.0264. The summed E-state index contributed by atoms with van der Waals surface area (Å²) in [7, 11) is 0. The number of nitrogens with zero attached hydrogens (tertiary/aromatic N) is 1. The summed E-state index contributed by atoms with van der Waals surface area (Å²) < 4.78 is 13.8. The highest BCUT2D eigenvalue weighted by Crippen LogP contribution is 2.18. The molecule has 0 spiro atoms. The summed E-state index contributed by atoms with van der Waals surface area (Å²) in [6, 6.07) is 11.2. The average molecular weight is 405 g/mol. The Kier molecular flexibility index (Phi) is 5.48. The molecule has 2 aromatic rings. The summed E-state index contributed by atoms with van der Waals surface area (Å²) in [5, 5.41) is 2.76. The summed E-state index contributed by atoms with van der Waals surface area (Å²) in [6.07, 6.45) is 2.09. The lowest BCUT2D eigenvalue weighted by molar-refractivity contribution is 0.0792. The van der Waals surface area contributed by atoms with Gasteiger partial charge in [0.25, 0.3) is 11.8 Å². The van der Waals surface area contributed by atoms with Gasteiger partial charge < -0.3 is 10.2 Å². The van der Waals surface area contributed by atoms with Gasteiger partial charge in [0.05, 0.1) is 5.56 Å². The molecule has 1 fully saturated rings. The maximum Gasteiger partial charge on any atom is 0.253 e. The molecular weight excluding hydrogens is 387 g/mol. The molecule has 130 valence electrons. The summed E-state index contributed by atoms with van der Waals surface area (Å²) in [5.74, 6) is -0.812. The number of hydrogen-bond donors (Lipinski definition) is 1. The molecule has 1 N–H and O–H groups in total. The van der Waals surface area contributed by atoms with Gasteiger partial charge in [0.15, 0.2) is 0 Å². The Bertz CT molecular complexity index is 804. The van der Waals surface area contributed by atoms with Crippen molar-refractivity contribution in [2.75, 3.05) is 13.1 Å². The van der Waals surface area contributed by atoms with E-state index < -0.39 is 5.82 Å². The van der Waals surface area contributed by atoms with E-state index in [-0.39, 0.29) is 23.9 Å². The number of benzene rings is 2. The van der Waals surface area contributed by atoms with E-state index in [2.05, 4.69) is 21.2 Å². The molecule has 2 amide bonds. The number of rotatable bonds is 4. The molecule has 0 unspecified atom stereocenters. The first-order chi connectivity index (χ1) is 12.0. The normalized spacial score (nSPS) is 13.8. The summed E-state index contributed by atoms with van der Waals surface area (Å²) >= 11 is 3.25. The Morgan fingerprint density at radius 3 is 2.64 bits per heavy atom. The van der Waals surface area contributed by atoms with Crippen LogP contribution in [0.2, 0.25) is 0 Å². The van der Waals surface area contributed by atoms with E-state index in [1.54, 1.807) is 12.1 Å². The number of carbonyl (C=O) groups excluding carboxylic acids is 2. The van der Waals surface area contributed by atoms with Crippen molar-refractivity contribution >= 4 is 27.7 Å². The van der Waals surface area contributed by atoms with Crippen LogP contribution in [-0.4, -0.2) is 29.8 Å². The highest BCUT2D eigenvalue weighted by molar-refractivity contribution is 9.10. The first kappa shape index (κ1) is 17.6. The quantitative estimate of drug-likeness (QED) is 0.843. The van der Waals surface area contributed by atoms with Gasteiger partial charge in [-0.2, -0.15) is 0 Å². The summed E-state index contributed by atoms with van der Waals surface area (Å²) in [6.45, 7) is 1.86. The molecule has 3 rings (SSSR count). The van der Waals surface area contributed by atoms with E-state index >= 15 is 0 Å². The zero-order valence-electron chi connectivity index (χ0n) is 13.6. The number of likely N-dealkylation sites (tertiary alicyclic amines) is 1. The summed E-state index contributed by atoms with van der Waals surface area (Å²) in [4.78, 5) is 26.5. The fraction of sp³-hybridized carbons (Fsp3) is 0.263. The number of nitrogens with one attached hydrogen (secondary N) is 1. The van der Waals surface area contributed by atoms with E-state index in [1.807, 2.05) is 17.0 Å². The largest absolute Gasteiger partial charge is 0.348 e. The van der Waals surface area contributed by atoms with Crippen molar-refractivity contribution < 1.29 is 14.0 Å². The first-order valence-electron chi connectivity index (χ1n) is 8.16. The van der Waals surface area contributed by atoms with Gasteiger partial charge in [-0.05, 0) is 64.7 Å². The van der Waals surface area contributed by atoms with E-state index in [0.29, 0.717) is 10.0 Å². The number of amides is 2. The maximum atomic E-state index is 13.3. The molecule has 0 aliphatic carbocycles. The van der Waals surface area contributed by atoms with Gasteiger partial charge in [-0.3, -0.25) is 9.59 Å². The van der Waals surface area contributed by atoms with E-state index in [1.165, 1.54) is 18.2 Å². The highest BCUT2D eigenvalue weighted by Gasteiger charge is 2.19. The van der Waals surface area contributed by atoms with Crippen LogP contribution in [0.4, 0.5) is 4.39 Å². The van der Waals surface area contributed by atoms with Gasteiger partial charge in [0, 0.05) is 29.7 Å². The van der Waals surface area contributed by atoms with Crippen LogP contribution in [0.15, 0.2) is 46.9 Å². The van der Waals surface area contributed by atoms with Crippen LogP contribution in [0.1, 0.15) is 39.1 Å². The number of hydrogen-bond acceptors (Lipinski definition) is 2. The Morgan fingerprint density at radius 1 is 1.12 bits per heavy atom. The lowest BCUT2D eigenvalue weighted by Gasteiger charge is -2.15. The molecule has 2 aromatic carbocycles. The maximum absolute atomic E-state index is 13.3. The van der Waals surface area contributed by atoms with Crippen molar-refractivity contribution in [3.63, 3.8) is 0 Å². The van der Waals surface area contributed by atoms with E-state index in [9.17, 15) is 14.0 Å². The van der Waals surface area contributed by atoms with Crippen LogP contribution < -0.4 is 5.32 Å². The molecule has 25 heavy (non-hydrogen) atoms. The average Bonchev–Trinajstić information content (AvgIpc) is 3.16. The van der Waals surface area contributed by atoms with Gasteiger partial charge in [-0.25, -0.2) is 4.39 Å². The van der Waals surface area contributed by atoms with Crippen molar-refractivity contribution in [3.8, 4) is 0 Å². The molecule has 1 heterocycles. The number of halogens is 2. The van der Waals surface area contributed by atoms with Crippen LogP contribution in [-0.2, 0) is 6.54 Å². The second-order valence-electron chi connectivity index (χ2n) is 6.01. The van der Waals surface area contributed by atoms with Crippen molar-refractivity contribution in [1.29, 1.82) is 0 Å². The molecular formula is C19H18BrFN2O2. The van der Waals surface area contributed by atoms with Crippen LogP contribution in [0, 0.1) is 5.82 Å². The third-order valence-electron chi connectivity index (χ3n) is 4.19. The third-order valence-corrected chi connectivity index (χ3v) is 4.88. The molecule has 0 aromatic heterocycles. The Balaban J connectivity index is 1.67. The fourth-order valence-electron chi connectivity index (χ4n) is 2.87. The zero-order chi connectivity index (χ0) is 17.8. The Labute approximate surface area is 154 Å². The molecule has 0 radical (unpaired) electrons. The topological polar surface area (TPSA) is 49.4 Å². The SMILES string of the molecule is O=C(NCc1cccc(C(=O)N2CCCC2)c1)c1cc(F)ccc1Br. The minimum Gasteiger partial charge on any atom is -0.348 e. The lowest BCUT2D eigenvalue weighted by atomic mass is 10.1. The smallest absolute Gasteiger partial charge is 0.253 e. The van der Waals surface area contributed by atoms with Crippen molar-refractivity contribution in [1.82, 2.24) is 10.2 Å². The predicted octanol–water partition coefficient (Wildman–Crippen LogP) is 3.75. The van der Waals surface area contributed by atoms with Gasteiger partial charge in [0.1, 0.15) is 5.82 Å². The van der Waals surface area contributed by atoms with Gasteiger partial charge in [0.2, 0.25) is 0 Å². The Morgan fingerprint density at radius 2 is 1.88 bits per heavy atom. The monoisotopic (exact) mass is 404 g/mol. The van der Waals surface area contributed by atoms with Gasteiger partial charge in [-0.1, -0.05) is 12.1 Å². The van der Waals surface area contributed by atoms with Crippen LogP contribution >= 0.6 is 15.9 Å². The molecule has 4 nitrogen and oxygen atoms in total. The fourth-order valence-corrected chi connectivity index (χ4v) is 3.29. The highest BCUT2D eigenvalue weighted by atomic mass is 79.9. The van der Waals surface area contributed by atoms with Crippen LogP contribution in [0.5, 0.6) is 0 Å². The third kappa shape index (κ3) is 4.25. The second kappa shape index (κ2) is 7.78. The van der Waals surface area contributed by atoms with Crippen molar-refractivity contribution in [2.24, 2.45) is 0 Å². The Hall–Kier alpha value is -2.21. The van der Waals surface area contributed by atoms with Crippen molar-refractivity contribution in [3.05, 3.63) is 69.4 Å². The predicted molar refractivity (Wildman–Crippen MR) is 96.8 cm³/mol. The lowest BCUT2D eigenvalue weighted by Crippen LogP contribution is -2.28. The van der Waals surface area contributed by atoms with Crippen molar-refractivity contribution in [2.45, 2.75) is 19.4 Å². The molecule has 1 aliphatic heterocycles. The zero-order valence-corrected chi connectivity index (χ0v) is 15.2. The first-order valence-corrected chi connectivity index (χ1v) is 8.95. The second-order valence-corrected chi connectivity index (χ2v) is 6.86. The molecule has 6 heteroatoms. The van der Waals surface area contributed by atoms with Crippen LogP contribution in [0.25, 0.3) is 0 Å². The molecule has 1 saturated heterocycles. The molecule has 1 aliphatic rings. The summed E-state index contributed by atoms with van der Waals surface area (Å²) in [5.41, 5.74) is 1.69. The minimum atomic E-state index is -0.466. The van der Waals surface area contributed by atoms with Crippen LogP contribution in [0.3, 0.4) is 0 Å². The van der Waals surface area contributed by atoms with E-state index in [4.69, 9.17) is 0 Å².